The van der Waals surface area contributed by atoms with E-state index in [-0.39, 0.29) is 17.9 Å². The van der Waals surface area contributed by atoms with E-state index >= 15 is 0 Å². The van der Waals surface area contributed by atoms with Crippen LogP contribution in [0.5, 0.6) is 0 Å². The number of hydrogen-bond donors (Lipinski definition) is 3. The quantitative estimate of drug-likeness (QED) is 0.565. The Morgan fingerprint density at radius 3 is 2.75 bits per heavy atom. The third kappa shape index (κ3) is 3.12. The van der Waals surface area contributed by atoms with Crippen LogP contribution in [0.4, 0.5) is 5.69 Å². The molecule has 6 nitrogen and oxygen atoms in total. The van der Waals surface area contributed by atoms with Crippen molar-refractivity contribution in [1.82, 2.24) is 10.6 Å². The number of imide groups is 1. The number of rotatable bonds is 4. The Morgan fingerprint density at radius 2 is 2.05 bits per heavy atom. The predicted octanol–water partition coefficient (Wildman–Crippen LogP) is 0.891. The fourth-order valence-corrected chi connectivity index (χ4v) is 2.25. The summed E-state index contributed by atoms with van der Waals surface area (Å²) in [5.41, 5.74) is 1.38. The second-order valence-electron chi connectivity index (χ2n) is 4.50. The Morgan fingerprint density at radius 1 is 1.35 bits per heavy atom. The lowest BCUT2D eigenvalue weighted by Gasteiger charge is -2.16. The smallest absolute Gasteiger partial charge is 0.259 e. The van der Waals surface area contributed by atoms with Crippen molar-refractivity contribution in [1.29, 1.82) is 0 Å². The predicted molar refractivity (Wildman–Crippen MR) is 78.9 cm³/mol. The number of amides is 2. The fraction of sp³-hybridized carbons (Fsp3) is 0.308. The monoisotopic (exact) mass is 293 g/mol. The van der Waals surface area contributed by atoms with Crippen molar-refractivity contribution in [3.05, 3.63) is 29.3 Å². The lowest BCUT2D eigenvalue weighted by Crippen LogP contribution is -2.38. The minimum atomic E-state index is -0.389. The number of hydrogen-bond acceptors (Lipinski definition) is 4. The zero-order chi connectivity index (χ0) is 14.7. The van der Waals surface area contributed by atoms with E-state index < -0.39 is 0 Å². The standard InChI is InChI=1S/C13H15N3O3S/c1-7(6-19-2)14-13(20)15-8-3-4-9-10(5-8)12(18)16-11(9)17/h3-5,7H,6H2,1-2H3,(H2,14,15,20)(H,16,17,18). The van der Waals surface area contributed by atoms with Crippen LogP contribution in [0.1, 0.15) is 27.6 Å². The van der Waals surface area contributed by atoms with Gasteiger partial charge in [-0.2, -0.15) is 0 Å². The molecule has 1 heterocycles. The molecule has 20 heavy (non-hydrogen) atoms. The molecule has 2 amide bonds. The highest BCUT2D eigenvalue weighted by Gasteiger charge is 2.26. The Kier molecular flexibility index (Phi) is 4.31. The van der Waals surface area contributed by atoms with Crippen molar-refractivity contribution in [3.8, 4) is 0 Å². The second kappa shape index (κ2) is 5.98. The Labute approximate surface area is 121 Å². The maximum atomic E-state index is 11.6. The Bertz CT molecular complexity index is 574. The fourth-order valence-electron chi connectivity index (χ4n) is 1.93. The first-order chi connectivity index (χ1) is 9.51. The minimum Gasteiger partial charge on any atom is -0.383 e. The molecule has 0 saturated carbocycles. The number of methoxy groups -OCH3 is 1. The SMILES string of the molecule is COCC(C)NC(=S)Nc1ccc2c(c1)C(=O)NC2=O. The zero-order valence-electron chi connectivity index (χ0n) is 11.1. The maximum Gasteiger partial charge on any atom is 0.259 e. The van der Waals surface area contributed by atoms with E-state index in [0.717, 1.165) is 0 Å². The molecule has 0 aromatic heterocycles. The lowest BCUT2D eigenvalue weighted by molar-refractivity contribution is 0.0879. The van der Waals surface area contributed by atoms with Crippen LogP contribution in [-0.4, -0.2) is 36.7 Å². The molecule has 0 spiro atoms. The van der Waals surface area contributed by atoms with Gasteiger partial charge >= 0.3 is 0 Å². The molecule has 1 aliphatic heterocycles. The summed E-state index contributed by atoms with van der Waals surface area (Å²) in [5.74, 6) is -0.758. The summed E-state index contributed by atoms with van der Waals surface area (Å²) in [6.45, 7) is 2.47. The number of nitrogens with one attached hydrogen (secondary N) is 3. The first-order valence-corrected chi connectivity index (χ1v) is 6.48. The van der Waals surface area contributed by atoms with Gasteiger partial charge in [0, 0.05) is 18.8 Å². The Hall–Kier alpha value is -1.99. The number of fused-ring (bicyclic) bond motifs is 1. The van der Waals surface area contributed by atoms with Gasteiger partial charge in [-0.1, -0.05) is 0 Å². The van der Waals surface area contributed by atoms with Crippen LogP contribution in [-0.2, 0) is 4.74 Å². The third-order valence-corrected chi connectivity index (χ3v) is 3.01. The van der Waals surface area contributed by atoms with Gasteiger partial charge in [-0.05, 0) is 37.3 Å². The molecule has 7 heteroatoms. The highest BCUT2D eigenvalue weighted by Crippen LogP contribution is 2.20. The average molecular weight is 293 g/mol. The molecule has 1 aliphatic rings. The molecule has 0 saturated heterocycles. The minimum absolute atomic E-state index is 0.0688. The summed E-state index contributed by atoms with van der Waals surface area (Å²) in [6, 6.07) is 4.97. The van der Waals surface area contributed by atoms with Crippen molar-refractivity contribution < 1.29 is 14.3 Å². The molecule has 1 aromatic carbocycles. The molecular weight excluding hydrogens is 278 g/mol. The number of anilines is 1. The number of carbonyl (C=O) groups is 2. The van der Waals surface area contributed by atoms with Crippen LogP contribution in [0.2, 0.25) is 0 Å². The second-order valence-corrected chi connectivity index (χ2v) is 4.91. The van der Waals surface area contributed by atoms with Gasteiger partial charge in [0.05, 0.1) is 17.7 Å². The number of benzene rings is 1. The molecule has 1 atom stereocenters. The van der Waals surface area contributed by atoms with E-state index in [9.17, 15) is 9.59 Å². The highest BCUT2D eigenvalue weighted by molar-refractivity contribution is 7.80. The van der Waals surface area contributed by atoms with Crippen LogP contribution in [0.3, 0.4) is 0 Å². The van der Waals surface area contributed by atoms with Gasteiger partial charge in [-0.15, -0.1) is 0 Å². The van der Waals surface area contributed by atoms with E-state index in [2.05, 4.69) is 16.0 Å². The van der Waals surface area contributed by atoms with Crippen molar-refractivity contribution in [2.24, 2.45) is 0 Å². The van der Waals surface area contributed by atoms with Crippen molar-refractivity contribution in [2.45, 2.75) is 13.0 Å². The first-order valence-electron chi connectivity index (χ1n) is 6.07. The lowest BCUT2D eigenvalue weighted by atomic mass is 10.1. The number of carbonyl (C=O) groups excluding carboxylic acids is 2. The summed E-state index contributed by atoms with van der Waals surface area (Å²) in [4.78, 5) is 23.0. The molecule has 1 unspecified atom stereocenters. The Balaban J connectivity index is 2.04. The molecule has 0 aliphatic carbocycles. The zero-order valence-corrected chi connectivity index (χ0v) is 12.0. The van der Waals surface area contributed by atoms with Gasteiger partial charge in [0.15, 0.2) is 5.11 Å². The molecular formula is C13H15N3O3S. The summed E-state index contributed by atoms with van der Waals surface area (Å²) >= 11 is 5.16. The van der Waals surface area contributed by atoms with E-state index in [4.69, 9.17) is 17.0 Å². The molecule has 1 aromatic rings. The van der Waals surface area contributed by atoms with Crippen LogP contribution < -0.4 is 16.0 Å². The first kappa shape index (κ1) is 14.4. The topological polar surface area (TPSA) is 79.5 Å². The van der Waals surface area contributed by atoms with E-state index in [1.54, 1.807) is 25.3 Å². The van der Waals surface area contributed by atoms with Crippen LogP contribution in [0, 0.1) is 0 Å². The molecule has 2 rings (SSSR count). The van der Waals surface area contributed by atoms with E-state index in [1.807, 2.05) is 6.92 Å². The third-order valence-electron chi connectivity index (χ3n) is 2.79. The normalized spacial score (nSPS) is 14.5. The summed E-state index contributed by atoms with van der Waals surface area (Å²) in [7, 11) is 1.62. The van der Waals surface area contributed by atoms with E-state index in [0.29, 0.717) is 28.5 Å². The molecule has 0 radical (unpaired) electrons. The van der Waals surface area contributed by atoms with Gasteiger partial charge in [-0.3, -0.25) is 14.9 Å². The highest BCUT2D eigenvalue weighted by atomic mass is 32.1. The van der Waals surface area contributed by atoms with Gasteiger partial charge in [-0.25, -0.2) is 0 Å². The van der Waals surface area contributed by atoms with Gasteiger partial charge in [0.25, 0.3) is 11.8 Å². The van der Waals surface area contributed by atoms with Crippen molar-refractivity contribution in [2.75, 3.05) is 19.0 Å². The molecule has 0 fully saturated rings. The van der Waals surface area contributed by atoms with Gasteiger partial charge in [0.1, 0.15) is 0 Å². The average Bonchev–Trinajstić information content (AvgIpc) is 2.64. The summed E-state index contributed by atoms with van der Waals surface area (Å²) in [5, 5.41) is 8.69. The summed E-state index contributed by atoms with van der Waals surface area (Å²) < 4.78 is 5.00. The van der Waals surface area contributed by atoms with Crippen LogP contribution >= 0.6 is 12.2 Å². The van der Waals surface area contributed by atoms with Crippen molar-refractivity contribution in [3.63, 3.8) is 0 Å². The van der Waals surface area contributed by atoms with Crippen LogP contribution in [0.25, 0.3) is 0 Å². The summed E-state index contributed by atoms with van der Waals surface area (Å²) in [6.07, 6.45) is 0. The van der Waals surface area contributed by atoms with E-state index in [1.165, 1.54) is 0 Å². The number of ether oxygens (including phenoxy) is 1. The molecule has 106 valence electrons. The molecule has 3 N–H and O–H groups in total. The molecule has 0 bridgehead atoms. The van der Waals surface area contributed by atoms with Gasteiger partial charge < -0.3 is 15.4 Å². The largest absolute Gasteiger partial charge is 0.383 e. The van der Waals surface area contributed by atoms with Crippen LogP contribution in [0.15, 0.2) is 18.2 Å². The van der Waals surface area contributed by atoms with Gasteiger partial charge in [0.2, 0.25) is 0 Å². The maximum absolute atomic E-state index is 11.6. The van der Waals surface area contributed by atoms with Crippen molar-refractivity contribution >= 4 is 34.8 Å². The number of thiocarbonyl (C=S) groups is 1.